The SMILES string of the molecule is COc1ccc(C(O)CCS)cc1C. The van der Waals surface area contributed by atoms with Gasteiger partial charge in [0.05, 0.1) is 13.2 Å². The van der Waals surface area contributed by atoms with Crippen molar-refractivity contribution in [2.75, 3.05) is 12.9 Å². The third-order valence-electron chi connectivity index (χ3n) is 2.21. The highest BCUT2D eigenvalue weighted by atomic mass is 32.1. The number of rotatable bonds is 4. The van der Waals surface area contributed by atoms with Crippen LogP contribution in [0.2, 0.25) is 0 Å². The minimum absolute atomic E-state index is 0.419. The van der Waals surface area contributed by atoms with E-state index in [0.29, 0.717) is 12.2 Å². The fourth-order valence-corrected chi connectivity index (χ4v) is 1.64. The summed E-state index contributed by atoms with van der Waals surface area (Å²) in [6, 6.07) is 5.72. The molecule has 0 aliphatic rings. The molecule has 1 atom stereocenters. The number of methoxy groups -OCH3 is 1. The normalized spacial score (nSPS) is 12.6. The maximum atomic E-state index is 9.72. The van der Waals surface area contributed by atoms with E-state index >= 15 is 0 Å². The first kappa shape index (κ1) is 11.4. The minimum atomic E-state index is -0.419. The number of aliphatic hydroxyl groups excluding tert-OH is 1. The molecule has 0 bridgehead atoms. The van der Waals surface area contributed by atoms with Crippen molar-refractivity contribution in [3.05, 3.63) is 29.3 Å². The number of hydrogen-bond acceptors (Lipinski definition) is 3. The van der Waals surface area contributed by atoms with E-state index in [2.05, 4.69) is 12.6 Å². The first-order valence-corrected chi connectivity index (χ1v) is 5.25. The molecule has 1 unspecified atom stereocenters. The van der Waals surface area contributed by atoms with E-state index < -0.39 is 6.10 Å². The van der Waals surface area contributed by atoms with Crippen LogP contribution in [0.3, 0.4) is 0 Å². The molecule has 0 aromatic heterocycles. The molecule has 0 saturated heterocycles. The van der Waals surface area contributed by atoms with Gasteiger partial charge in [-0.1, -0.05) is 6.07 Å². The van der Waals surface area contributed by atoms with Gasteiger partial charge >= 0.3 is 0 Å². The lowest BCUT2D eigenvalue weighted by Crippen LogP contribution is -1.99. The van der Waals surface area contributed by atoms with Crippen LogP contribution in [0, 0.1) is 6.92 Å². The highest BCUT2D eigenvalue weighted by molar-refractivity contribution is 7.80. The van der Waals surface area contributed by atoms with E-state index in [1.165, 1.54) is 0 Å². The van der Waals surface area contributed by atoms with Crippen molar-refractivity contribution in [1.82, 2.24) is 0 Å². The maximum Gasteiger partial charge on any atom is 0.121 e. The number of aliphatic hydroxyl groups is 1. The van der Waals surface area contributed by atoms with Crippen LogP contribution >= 0.6 is 12.6 Å². The zero-order valence-electron chi connectivity index (χ0n) is 8.53. The highest BCUT2D eigenvalue weighted by Crippen LogP contribution is 2.24. The van der Waals surface area contributed by atoms with Crippen molar-refractivity contribution in [2.24, 2.45) is 0 Å². The molecule has 1 aromatic carbocycles. The molecular weight excluding hydrogens is 196 g/mol. The van der Waals surface area contributed by atoms with Gasteiger partial charge in [-0.15, -0.1) is 0 Å². The van der Waals surface area contributed by atoms with Crippen LogP contribution < -0.4 is 4.74 Å². The third-order valence-corrected chi connectivity index (χ3v) is 2.46. The lowest BCUT2D eigenvalue weighted by molar-refractivity contribution is 0.175. The predicted molar refractivity (Wildman–Crippen MR) is 61.2 cm³/mol. The molecule has 0 aliphatic carbocycles. The van der Waals surface area contributed by atoms with Gasteiger partial charge < -0.3 is 9.84 Å². The first-order chi connectivity index (χ1) is 6.69. The summed E-state index contributed by atoms with van der Waals surface area (Å²) in [5, 5.41) is 9.72. The first-order valence-electron chi connectivity index (χ1n) is 4.62. The topological polar surface area (TPSA) is 29.5 Å². The largest absolute Gasteiger partial charge is 0.496 e. The summed E-state index contributed by atoms with van der Waals surface area (Å²) >= 11 is 4.09. The fourth-order valence-electron chi connectivity index (χ4n) is 1.40. The van der Waals surface area contributed by atoms with Gasteiger partial charge in [-0.25, -0.2) is 0 Å². The second-order valence-corrected chi connectivity index (χ2v) is 3.70. The van der Waals surface area contributed by atoms with Gasteiger partial charge in [0.1, 0.15) is 5.75 Å². The second kappa shape index (κ2) is 5.27. The maximum absolute atomic E-state index is 9.72. The molecule has 1 rings (SSSR count). The lowest BCUT2D eigenvalue weighted by Gasteiger charge is -2.12. The molecule has 0 saturated carbocycles. The molecule has 2 nitrogen and oxygen atoms in total. The van der Waals surface area contributed by atoms with Crippen LogP contribution in [0.4, 0.5) is 0 Å². The van der Waals surface area contributed by atoms with Gasteiger partial charge in [-0.05, 0) is 42.4 Å². The molecule has 0 aliphatic heterocycles. The van der Waals surface area contributed by atoms with Crippen molar-refractivity contribution < 1.29 is 9.84 Å². The summed E-state index contributed by atoms with van der Waals surface area (Å²) in [6.07, 6.45) is 0.256. The molecule has 0 spiro atoms. The molecular formula is C11H16O2S. The van der Waals surface area contributed by atoms with Crippen molar-refractivity contribution >= 4 is 12.6 Å². The molecule has 0 amide bonds. The molecule has 0 heterocycles. The number of ether oxygens (including phenoxy) is 1. The smallest absolute Gasteiger partial charge is 0.121 e. The second-order valence-electron chi connectivity index (χ2n) is 3.26. The summed E-state index contributed by atoms with van der Waals surface area (Å²) in [7, 11) is 1.64. The molecule has 14 heavy (non-hydrogen) atoms. The Bertz CT molecular complexity index is 299. The zero-order chi connectivity index (χ0) is 10.6. The van der Waals surface area contributed by atoms with Crippen LogP contribution in [-0.2, 0) is 0 Å². The van der Waals surface area contributed by atoms with E-state index in [1.807, 2.05) is 25.1 Å². The van der Waals surface area contributed by atoms with Gasteiger partial charge in [0.25, 0.3) is 0 Å². The van der Waals surface area contributed by atoms with E-state index in [9.17, 15) is 5.11 Å². The van der Waals surface area contributed by atoms with Gasteiger partial charge in [-0.2, -0.15) is 12.6 Å². The Labute approximate surface area is 90.3 Å². The Morgan fingerprint density at radius 2 is 2.21 bits per heavy atom. The average Bonchev–Trinajstić information content (AvgIpc) is 2.18. The van der Waals surface area contributed by atoms with Gasteiger partial charge in [-0.3, -0.25) is 0 Å². The van der Waals surface area contributed by atoms with Crippen LogP contribution in [0.15, 0.2) is 18.2 Å². The van der Waals surface area contributed by atoms with Crippen molar-refractivity contribution in [3.63, 3.8) is 0 Å². The van der Waals surface area contributed by atoms with Crippen LogP contribution in [0.25, 0.3) is 0 Å². The van der Waals surface area contributed by atoms with Gasteiger partial charge in [0.2, 0.25) is 0 Å². The highest BCUT2D eigenvalue weighted by Gasteiger charge is 2.08. The zero-order valence-corrected chi connectivity index (χ0v) is 9.42. The summed E-state index contributed by atoms with van der Waals surface area (Å²) in [5.41, 5.74) is 1.97. The molecule has 3 heteroatoms. The number of thiol groups is 1. The van der Waals surface area contributed by atoms with E-state index in [1.54, 1.807) is 7.11 Å². The standard InChI is InChI=1S/C11H16O2S/c1-8-7-9(10(12)5-6-14)3-4-11(8)13-2/h3-4,7,10,12,14H,5-6H2,1-2H3. The van der Waals surface area contributed by atoms with Crippen LogP contribution in [-0.4, -0.2) is 18.0 Å². The van der Waals surface area contributed by atoms with Crippen molar-refractivity contribution in [1.29, 1.82) is 0 Å². The van der Waals surface area contributed by atoms with Crippen molar-refractivity contribution in [3.8, 4) is 5.75 Å². The summed E-state index contributed by atoms with van der Waals surface area (Å²) in [6.45, 7) is 1.97. The Kier molecular flexibility index (Phi) is 4.29. The number of aryl methyl sites for hydroxylation is 1. The Morgan fingerprint density at radius 1 is 1.50 bits per heavy atom. The molecule has 0 fully saturated rings. The molecule has 78 valence electrons. The van der Waals surface area contributed by atoms with Gasteiger partial charge in [0.15, 0.2) is 0 Å². The predicted octanol–water partition coefficient (Wildman–Crippen LogP) is 2.36. The summed E-state index contributed by atoms with van der Waals surface area (Å²) in [5.74, 6) is 1.54. The number of benzene rings is 1. The minimum Gasteiger partial charge on any atom is -0.496 e. The molecule has 1 N–H and O–H groups in total. The quantitative estimate of drug-likeness (QED) is 0.750. The van der Waals surface area contributed by atoms with E-state index in [-0.39, 0.29) is 0 Å². The molecule has 0 radical (unpaired) electrons. The van der Waals surface area contributed by atoms with Gasteiger partial charge in [0, 0.05) is 0 Å². The Balaban J connectivity index is 2.85. The van der Waals surface area contributed by atoms with E-state index in [0.717, 1.165) is 16.9 Å². The van der Waals surface area contributed by atoms with Crippen LogP contribution in [0.1, 0.15) is 23.7 Å². The summed E-state index contributed by atoms with van der Waals surface area (Å²) in [4.78, 5) is 0. The fraction of sp³-hybridized carbons (Fsp3) is 0.455. The monoisotopic (exact) mass is 212 g/mol. The average molecular weight is 212 g/mol. The van der Waals surface area contributed by atoms with Crippen LogP contribution in [0.5, 0.6) is 5.75 Å². The third kappa shape index (κ3) is 2.66. The van der Waals surface area contributed by atoms with E-state index in [4.69, 9.17) is 4.74 Å². The van der Waals surface area contributed by atoms with Crippen molar-refractivity contribution in [2.45, 2.75) is 19.4 Å². The molecule has 1 aromatic rings. The summed E-state index contributed by atoms with van der Waals surface area (Å²) < 4.78 is 5.14. The Hall–Kier alpha value is -0.670. The number of hydrogen-bond donors (Lipinski definition) is 2. The Morgan fingerprint density at radius 3 is 2.71 bits per heavy atom. The lowest BCUT2D eigenvalue weighted by atomic mass is 10.0.